The van der Waals surface area contributed by atoms with E-state index in [4.69, 9.17) is 4.74 Å². The Morgan fingerprint density at radius 1 is 1.23 bits per heavy atom. The van der Waals surface area contributed by atoms with E-state index < -0.39 is 10.0 Å². The number of benzene rings is 1. The van der Waals surface area contributed by atoms with Crippen LogP contribution in [-0.4, -0.2) is 66.8 Å². The Labute approximate surface area is 152 Å². The number of carbonyl (C=O) groups excluding carboxylic acids is 1. The predicted octanol–water partition coefficient (Wildman–Crippen LogP) is 1.02. The lowest BCUT2D eigenvalue weighted by Crippen LogP contribution is -2.31. The van der Waals surface area contributed by atoms with E-state index in [2.05, 4.69) is 9.97 Å². The van der Waals surface area contributed by atoms with Gasteiger partial charge in [0.2, 0.25) is 15.9 Å². The van der Waals surface area contributed by atoms with Gasteiger partial charge in [-0.3, -0.25) is 9.78 Å². The first kappa shape index (κ1) is 18.3. The van der Waals surface area contributed by atoms with Crippen molar-refractivity contribution in [3.63, 3.8) is 0 Å². The van der Waals surface area contributed by atoms with Gasteiger partial charge in [0.1, 0.15) is 6.10 Å². The average molecular weight is 376 g/mol. The summed E-state index contributed by atoms with van der Waals surface area (Å²) in [5, 5.41) is 0. The second kappa shape index (κ2) is 7.38. The van der Waals surface area contributed by atoms with Crippen LogP contribution in [0.1, 0.15) is 16.8 Å². The van der Waals surface area contributed by atoms with Crippen LogP contribution in [0.25, 0.3) is 0 Å². The van der Waals surface area contributed by atoms with E-state index >= 15 is 0 Å². The minimum Gasteiger partial charge on any atom is -0.471 e. The molecule has 2 aromatic rings. The third-order valence-electron chi connectivity index (χ3n) is 4.14. The maximum atomic E-state index is 12.6. The van der Waals surface area contributed by atoms with E-state index in [-0.39, 0.29) is 16.9 Å². The number of hydrogen-bond donors (Lipinski definition) is 0. The molecule has 1 fully saturated rings. The second-order valence-electron chi connectivity index (χ2n) is 6.14. The average Bonchev–Trinajstić information content (AvgIpc) is 3.10. The number of ether oxygens (including phenoxy) is 1. The van der Waals surface area contributed by atoms with Crippen LogP contribution < -0.4 is 4.74 Å². The van der Waals surface area contributed by atoms with Crippen LogP contribution in [0, 0.1) is 0 Å². The second-order valence-corrected chi connectivity index (χ2v) is 8.29. The number of amides is 1. The van der Waals surface area contributed by atoms with E-state index in [1.54, 1.807) is 17.3 Å². The fourth-order valence-electron chi connectivity index (χ4n) is 2.69. The summed E-state index contributed by atoms with van der Waals surface area (Å²) >= 11 is 0. The molecule has 1 aliphatic rings. The van der Waals surface area contributed by atoms with E-state index in [0.29, 0.717) is 31.0 Å². The first-order chi connectivity index (χ1) is 12.4. The molecule has 2 heterocycles. The lowest BCUT2D eigenvalue weighted by Gasteiger charge is -2.17. The zero-order valence-electron chi connectivity index (χ0n) is 14.6. The molecule has 0 bridgehead atoms. The van der Waals surface area contributed by atoms with Gasteiger partial charge in [0, 0.05) is 45.0 Å². The summed E-state index contributed by atoms with van der Waals surface area (Å²) in [6.07, 6.45) is 5.22. The maximum Gasteiger partial charge on any atom is 0.253 e. The van der Waals surface area contributed by atoms with E-state index in [0.717, 1.165) is 4.31 Å². The van der Waals surface area contributed by atoms with Crippen molar-refractivity contribution in [3.8, 4) is 5.88 Å². The van der Waals surface area contributed by atoms with Gasteiger partial charge >= 0.3 is 0 Å². The van der Waals surface area contributed by atoms with Crippen LogP contribution in [-0.2, 0) is 10.0 Å². The van der Waals surface area contributed by atoms with Crippen molar-refractivity contribution < 1.29 is 17.9 Å². The molecule has 1 atom stereocenters. The Morgan fingerprint density at radius 3 is 2.58 bits per heavy atom. The highest BCUT2D eigenvalue weighted by Crippen LogP contribution is 2.19. The van der Waals surface area contributed by atoms with Crippen molar-refractivity contribution in [2.45, 2.75) is 17.4 Å². The highest BCUT2D eigenvalue weighted by atomic mass is 32.2. The molecule has 0 aliphatic carbocycles. The molecule has 1 amide bonds. The molecule has 9 heteroatoms. The summed E-state index contributed by atoms with van der Waals surface area (Å²) in [5.41, 5.74) is 0.447. The van der Waals surface area contributed by atoms with E-state index in [1.807, 2.05) is 0 Å². The monoisotopic (exact) mass is 376 g/mol. The molecule has 26 heavy (non-hydrogen) atoms. The number of nitrogens with zero attached hydrogens (tertiary/aromatic N) is 4. The predicted molar refractivity (Wildman–Crippen MR) is 94.3 cm³/mol. The van der Waals surface area contributed by atoms with Gasteiger partial charge in [0.25, 0.3) is 5.91 Å². The molecule has 8 nitrogen and oxygen atoms in total. The standard InChI is InChI=1S/C17H20N4O4S/c1-20(2)26(23,24)15-5-3-13(4-6-15)17(22)21-10-7-14(12-21)25-16-11-18-8-9-19-16/h3-6,8-9,11,14H,7,10,12H2,1-2H3. The first-order valence-corrected chi connectivity index (χ1v) is 9.56. The van der Waals surface area contributed by atoms with E-state index in [9.17, 15) is 13.2 Å². The summed E-state index contributed by atoms with van der Waals surface area (Å²) in [7, 11) is -0.570. The van der Waals surface area contributed by atoms with Gasteiger partial charge in [-0.15, -0.1) is 0 Å². The number of sulfonamides is 1. The highest BCUT2D eigenvalue weighted by molar-refractivity contribution is 7.89. The Hall–Kier alpha value is -2.52. The van der Waals surface area contributed by atoms with Crippen LogP contribution in [0.5, 0.6) is 5.88 Å². The van der Waals surface area contributed by atoms with Crippen molar-refractivity contribution >= 4 is 15.9 Å². The molecule has 1 unspecified atom stereocenters. The summed E-state index contributed by atoms with van der Waals surface area (Å²) in [6, 6.07) is 5.98. The zero-order valence-corrected chi connectivity index (χ0v) is 15.4. The van der Waals surface area contributed by atoms with Crippen LogP contribution in [0.2, 0.25) is 0 Å². The van der Waals surface area contributed by atoms with E-state index in [1.165, 1.54) is 44.6 Å². The molecule has 1 aromatic carbocycles. The number of likely N-dealkylation sites (tertiary alicyclic amines) is 1. The summed E-state index contributed by atoms with van der Waals surface area (Å²) < 4.78 is 31.0. The molecule has 0 saturated carbocycles. The number of hydrogen-bond acceptors (Lipinski definition) is 6. The lowest BCUT2D eigenvalue weighted by molar-refractivity contribution is 0.0771. The highest BCUT2D eigenvalue weighted by Gasteiger charge is 2.29. The minimum absolute atomic E-state index is 0.135. The Balaban J connectivity index is 1.65. The number of carbonyl (C=O) groups is 1. The van der Waals surface area contributed by atoms with Gasteiger partial charge in [-0.2, -0.15) is 0 Å². The van der Waals surface area contributed by atoms with Crippen LogP contribution in [0.3, 0.4) is 0 Å². The number of aromatic nitrogens is 2. The van der Waals surface area contributed by atoms with Crippen LogP contribution in [0.15, 0.2) is 47.8 Å². The normalized spacial score (nSPS) is 17.5. The van der Waals surface area contributed by atoms with Crippen molar-refractivity contribution in [3.05, 3.63) is 48.4 Å². The fraction of sp³-hybridized carbons (Fsp3) is 0.353. The fourth-order valence-corrected chi connectivity index (χ4v) is 3.59. The molecule has 1 aromatic heterocycles. The molecule has 1 saturated heterocycles. The van der Waals surface area contributed by atoms with Gasteiger partial charge < -0.3 is 9.64 Å². The quantitative estimate of drug-likeness (QED) is 0.774. The van der Waals surface area contributed by atoms with Gasteiger partial charge in [-0.05, 0) is 24.3 Å². The molecule has 0 N–H and O–H groups in total. The van der Waals surface area contributed by atoms with Crippen LogP contribution >= 0.6 is 0 Å². The summed E-state index contributed by atoms with van der Waals surface area (Å²) in [6.45, 7) is 1.02. The molecular weight excluding hydrogens is 356 g/mol. The largest absolute Gasteiger partial charge is 0.471 e. The van der Waals surface area contributed by atoms with Crippen molar-refractivity contribution in [1.82, 2.24) is 19.2 Å². The first-order valence-electron chi connectivity index (χ1n) is 8.12. The van der Waals surface area contributed by atoms with Crippen molar-refractivity contribution in [2.75, 3.05) is 27.2 Å². The molecule has 3 rings (SSSR count). The van der Waals surface area contributed by atoms with Gasteiger partial charge in [-0.25, -0.2) is 17.7 Å². The maximum absolute atomic E-state index is 12.6. The number of rotatable bonds is 5. The Bertz CT molecular complexity index is 869. The zero-order chi connectivity index (χ0) is 18.7. The lowest BCUT2D eigenvalue weighted by atomic mass is 10.2. The third kappa shape index (κ3) is 3.83. The summed E-state index contributed by atoms with van der Waals surface area (Å²) in [5.74, 6) is 0.286. The molecule has 1 aliphatic heterocycles. The molecule has 138 valence electrons. The van der Waals surface area contributed by atoms with Crippen LogP contribution in [0.4, 0.5) is 0 Å². The van der Waals surface area contributed by atoms with Crippen molar-refractivity contribution in [2.24, 2.45) is 0 Å². The van der Waals surface area contributed by atoms with Gasteiger partial charge in [-0.1, -0.05) is 0 Å². The topological polar surface area (TPSA) is 92.7 Å². The molecule has 0 spiro atoms. The minimum atomic E-state index is -3.51. The SMILES string of the molecule is CN(C)S(=O)(=O)c1ccc(C(=O)N2CCC(Oc3cnccn3)C2)cc1. The Morgan fingerprint density at radius 2 is 1.96 bits per heavy atom. The van der Waals surface area contributed by atoms with Gasteiger partial charge in [0.05, 0.1) is 17.6 Å². The molecule has 0 radical (unpaired) electrons. The third-order valence-corrected chi connectivity index (χ3v) is 5.97. The van der Waals surface area contributed by atoms with Gasteiger partial charge in [0.15, 0.2) is 0 Å². The van der Waals surface area contributed by atoms with Crippen molar-refractivity contribution in [1.29, 1.82) is 0 Å². The summed E-state index contributed by atoms with van der Waals surface area (Å²) in [4.78, 5) is 22.5. The Kier molecular flexibility index (Phi) is 5.19. The molecular formula is C17H20N4O4S. The smallest absolute Gasteiger partial charge is 0.253 e.